The number of hydrogen-bond acceptors (Lipinski definition) is 5. The number of carbonyl (C=O) groups excluding carboxylic acids is 4. The summed E-state index contributed by atoms with van der Waals surface area (Å²) in [4.78, 5) is 53.4. The van der Waals surface area contributed by atoms with Crippen LogP contribution < -0.4 is 14.5 Å². The molecule has 0 N–H and O–H groups in total. The Morgan fingerprint density at radius 3 is 2.21 bits per heavy atom. The summed E-state index contributed by atoms with van der Waals surface area (Å²) in [5.41, 5.74) is 2.42. The van der Waals surface area contributed by atoms with Crippen LogP contribution in [0.15, 0.2) is 66.7 Å². The molecule has 0 bridgehead atoms. The summed E-state index contributed by atoms with van der Waals surface area (Å²) in [6.45, 7) is 1.95. The summed E-state index contributed by atoms with van der Waals surface area (Å²) in [5.74, 6) is -1.79. The first-order valence-electron chi connectivity index (χ1n) is 10.7. The van der Waals surface area contributed by atoms with E-state index in [4.69, 9.17) is 16.3 Å². The fraction of sp³-hybridized carbons (Fsp3) is 0.154. The Morgan fingerprint density at radius 2 is 1.59 bits per heavy atom. The number of amides is 3. The number of halogens is 1. The van der Waals surface area contributed by atoms with Gasteiger partial charge in [0.05, 0.1) is 22.7 Å². The minimum absolute atomic E-state index is 0.0492. The third-order valence-corrected chi connectivity index (χ3v) is 6.27. The number of imide groups is 1. The van der Waals surface area contributed by atoms with Crippen molar-refractivity contribution in [2.24, 2.45) is 5.92 Å². The molecule has 7 nitrogen and oxygen atoms in total. The standard InChI is InChI=1S/C26H19ClN2O5/c1-15-12-19(10-11-22(15)29-24(31)20-4-2-3-5-21(20)25(29)32)34-26(33)16-13-23(30)28(14-16)18-8-6-17(27)7-9-18/h2-12,16H,13-14H2,1H3/t16-/m0/s1. The van der Waals surface area contributed by atoms with Crippen molar-refractivity contribution in [1.82, 2.24) is 0 Å². The maximum Gasteiger partial charge on any atom is 0.316 e. The van der Waals surface area contributed by atoms with E-state index in [1.807, 2.05) is 0 Å². The van der Waals surface area contributed by atoms with Crippen molar-refractivity contribution in [3.05, 3.63) is 88.4 Å². The van der Waals surface area contributed by atoms with Crippen LogP contribution in [0.4, 0.5) is 11.4 Å². The van der Waals surface area contributed by atoms with Crippen LogP contribution in [0.3, 0.4) is 0 Å². The van der Waals surface area contributed by atoms with E-state index in [-0.39, 0.29) is 36.4 Å². The lowest BCUT2D eigenvalue weighted by Crippen LogP contribution is -2.30. The third-order valence-electron chi connectivity index (χ3n) is 6.02. The SMILES string of the molecule is Cc1cc(OC(=O)[C@H]2CC(=O)N(c3ccc(Cl)cc3)C2)ccc1N1C(=O)c2ccccc2C1=O. The van der Waals surface area contributed by atoms with Gasteiger partial charge in [-0.05, 0) is 67.1 Å². The smallest absolute Gasteiger partial charge is 0.316 e. The third kappa shape index (κ3) is 3.74. The number of benzene rings is 3. The predicted octanol–water partition coefficient (Wildman–Crippen LogP) is 4.41. The highest BCUT2D eigenvalue weighted by molar-refractivity contribution is 6.34. The van der Waals surface area contributed by atoms with Crippen molar-refractivity contribution >= 4 is 46.7 Å². The molecule has 170 valence electrons. The van der Waals surface area contributed by atoms with E-state index >= 15 is 0 Å². The summed E-state index contributed by atoms with van der Waals surface area (Å²) >= 11 is 5.91. The molecule has 8 heteroatoms. The number of hydrogen-bond donors (Lipinski definition) is 0. The van der Waals surface area contributed by atoms with Gasteiger partial charge in [-0.25, -0.2) is 4.90 Å². The molecule has 3 amide bonds. The maximum absolute atomic E-state index is 12.8. The molecule has 1 fully saturated rings. The molecular weight excluding hydrogens is 456 g/mol. The van der Waals surface area contributed by atoms with E-state index < -0.39 is 11.9 Å². The average Bonchev–Trinajstić information content (AvgIpc) is 3.33. The number of rotatable bonds is 4. The van der Waals surface area contributed by atoms with Gasteiger partial charge in [0.1, 0.15) is 5.75 Å². The predicted molar refractivity (Wildman–Crippen MR) is 126 cm³/mol. The number of nitrogens with zero attached hydrogens (tertiary/aromatic N) is 2. The Morgan fingerprint density at radius 1 is 0.941 bits per heavy atom. The summed E-state index contributed by atoms with van der Waals surface area (Å²) in [6, 6.07) is 18.2. The van der Waals surface area contributed by atoms with E-state index in [1.54, 1.807) is 72.5 Å². The summed E-state index contributed by atoms with van der Waals surface area (Å²) < 4.78 is 5.54. The first-order valence-corrected chi connectivity index (χ1v) is 11.1. The molecule has 34 heavy (non-hydrogen) atoms. The fourth-order valence-electron chi connectivity index (χ4n) is 4.29. The number of fused-ring (bicyclic) bond motifs is 1. The number of anilines is 2. The molecule has 0 saturated carbocycles. The molecule has 3 aromatic rings. The molecule has 0 radical (unpaired) electrons. The molecule has 0 aromatic heterocycles. The van der Waals surface area contributed by atoms with Crippen LogP contribution in [0.5, 0.6) is 5.75 Å². The Kier molecular flexibility index (Phi) is 5.42. The Balaban J connectivity index is 1.30. The van der Waals surface area contributed by atoms with E-state index in [9.17, 15) is 19.2 Å². The van der Waals surface area contributed by atoms with Crippen molar-refractivity contribution in [2.75, 3.05) is 16.3 Å². The summed E-state index contributed by atoms with van der Waals surface area (Å²) in [7, 11) is 0. The summed E-state index contributed by atoms with van der Waals surface area (Å²) in [6.07, 6.45) is 0.0492. The largest absolute Gasteiger partial charge is 0.426 e. The van der Waals surface area contributed by atoms with E-state index in [1.165, 1.54) is 6.07 Å². The van der Waals surface area contributed by atoms with Crippen molar-refractivity contribution < 1.29 is 23.9 Å². The highest BCUT2D eigenvalue weighted by atomic mass is 35.5. The number of esters is 1. The zero-order valence-electron chi connectivity index (χ0n) is 18.2. The monoisotopic (exact) mass is 474 g/mol. The van der Waals surface area contributed by atoms with Crippen LogP contribution >= 0.6 is 11.6 Å². The lowest BCUT2D eigenvalue weighted by atomic mass is 10.1. The number of carbonyl (C=O) groups is 4. The van der Waals surface area contributed by atoms with Crippen molar-refractivity contribution in [2.45, 2.75) is 13.3 Å². The van der Waals surface area contributed by atoms with Gasteiger partial charge in [-0.2, -0.15) is 0 Å². The second kappa shape index (κ2) is 8.43. The van der Waals surface area contributed by atoms with Gasteiger partial charge >= 0.3 is 5.97 Å². The Bertz CT molecular complexity index is 1320. The normalized spacial score (nSPS) is 17.4. The van der Waals surface area contributed by atoms with E-state index in [2.05, 4.69) is 0 Å². The van der Waals surface area contributed by atoms with Crippen LogP contribution in [0.2, 0.25) is 5.02 Å². The van der Waals surface area contributed by atoms with Crippen LogP contribution in [-0.2, 0) is 9.59 Å². The number of ether oxygens (including phenoxy) is 1. The number of aryl methyl sites for hydroxylation is 1. The van der Waals surface area contributed by atoms with Crippen LogP contribution in [-0.4, -0.2) is 30.2 Å². The fourth-order valence-corrected chi connectivity index (χ4v) is 4.41. The van der Waals surface area contributed by atoms with Crippen molar-refractivity contribution in [3.8, 4) is 5.75 Å². The van der Waals surface area contributed by atoms with Crippen molar-refractivity contribution in [3.63, 3.8) is 0 Å². The molecule has 2 aliphatic rings. The Labute approximate surface area is 200 Å². The molecule has 0 spiro atoms. The van der Waals surface area contributed by atoms with Gasteiger partial charge in [-0.3, -0.25) is 19.2 Å². The van der Waals surface area contributed by atoms with Gasteiger partial charge in [0, 0.05) is 23.7 Å². The van der Waals surface area contributed by atoms with Gasteiger partial charge in [0.25, 0.3) is 11.8 Å². The molecule has 2 heterocycles. The van der Waals surface area contributed by atoms with Crippen LogP contribution in [0, 0.1) is 12.8 Å². The average molecular weight is 475 g/mol. The van der Waals surface area contributed by atoms with E-state index in [0.29, 0.717) is 33.1 Å². The van der Waals surface area contributed by atoms with Crippen LogP contribution in [0.25, 0.3) is 0 Å². The molecule has 0 aliphatic carbocycles. The molecule has 2 aliphatic heterocycles. The molecule has 1 atom stereocenters. The summed E-state index contributed by atoms with van der Waals surface area (Å²) in [5, 5.41) is 0.561. The van der Waals surface area contributed by atoms with E-state index in [0.717, 1.165) is 4.90 Å². The second-order valence-corrected chi connectivity index (χ2v) is 8.68. The van der Waals surface area contributed by atoms with Gasteiger partial charge in [0.15, 0.2) is 0 Å². The van der Waals surface area contributed by atoms with Crippen molar-refractivity contribution in [1.29, 1.82) is 0 Å². The zero-order chi connectivity index (χ0) is 24.0. The topological polar surface area (TPSA) is 84.0 Å². The Hall–Kier alpha value is -3.97. The first-order chi connectivity index (χ1) is 16.3. The zero-order valence-corrected chi connectivity index (χ0v) is 18.9. The maximum atomic E-state index is 12.8. The molecule has 5 rings (SSSR count). The lowest BCUT2D eigenvalue weighted by Gasteiger charge is -2.18. The lowest BCUT2D eigenvalue weighted by molar-refractivity contribution is -0.139. The highest BCUT2D eigenvalue weighted by Crippen LogP contribution is 2.33. The first kappa shape index (κ1) is 21.9. The quantitative estimate of drug-likeness (QED) is 0.318. The molecular formula is C26H19ClN2O5. The minimum atomic E-state index is -0.612. The molecule has 1 saturated heterocycles. The van der Waals surface area contributed by atoms with Gasteiger partial charge < -0.3 is 9.64 Å². The van der Waals surface area contributed by atoms with Gasteiger partial charge in [-0.15, -0.1) is 0 Å². The minimum Gasteiger partial charge on any atom is -0.426 e. The molecule has 0 unspecified atom stereocenters. The highest BCUT2D eigenvalue weighted by Gasteiger charge is 2.38. The second-order valence-electron chi connectivity index (χ2n) is 8.24. The molecule has 3 aromatic carbocycles. The van der Waals surface area contributed by atoms with Gasteiger partial charge in [0.2, 0.25) is 5.91 Å². The van der Waals surface area contributed by atoms with Crippen LogP contribution in [0.1, 0.15) is 32.7 Å². The van der Waals surface area contributed by atoms with Gasteiger partial charge in [-0.1, -0.05) is 23.7 Å².